The lowest BCUT2D eigenvalue weighted by atomic mass is 10.0. The molecule has 0 unspecified atom stereocenters. The highest BCUT2D eigenvalue weighted by Gasteiger charge is 2.25. The first kappa shape index (κ1) is 13.1. The molecule has 1 aromatic rings. The molecule has 0 spiro atoms. The smallest absolute Gasteiger partial charge is 0.241 e. The van der Waals surface area contributed by atoms with Gasteiger partial charge in [0.15, 0.2) is 0 Å². The number of nitrogens with one attached hydrogen (secondary N) is 1. The van der Waals surface area contributed by atoms with Crippen molar-refractivity contribution in [3.8, 4) is 0 Å². The van der Waals surface area contributed by atoms with Crippen LogP contribution in [0.3, 0.4) is 0 Å². The lowest BCUT2D eigenvalue weighted by Crippen LogP contribution is -2.51. The first-order valence-corrected chi connectivity index (χ1v) is 7.11. The molecule has 3 rings (SSSR count). The van der Waals surface area contributed by atoms with Gasteiger partial charge in [0, 0.05) is 25.3 Å². The van der Waals surface area contributed by atoms with Crippen molar-refractivity contribution in [3.05, 3.63) is 29.8 Å². The maximum atomic E-state index is 12.5. The van der Waals surface area contributed by atoms with Gasteiger partial charge < -0.3 is 10.2 Å². The van der Waals surface area contributed by atoms with Crippen molar-refractivity contribution in [2.45, 2.75) is 12.8 Å². The SMILES string of the molecule is O=C1CN(CC(=O)N2CCCc3ccccc32)CCN1. The van der Waals surface area contributed by atoms with E-state index in [0.29, 0.717) is 19.6 Å². The second-order valence-electron chi connectivity index (χ2n) is 5.34. The van der Waals surface area contributed by atoms with E-state index in [1.807, 2.05) is 28.0 Å². The molecule has 2 amide bonds. The topological polar surface area (TPSA) is 52.7 Å². The molecule has 0 aromatic heterocycles. The largest absolute Gasteiger partial charge is 0.354 e. The summed E-state index contributed by atoms with van der Waals surface area (Å²) in [6, 6.07) is 8.08. The lowest BCUT2D eigenvalue weighted by molar-refractivity contribution is -0.126. The van der Waals surface area contributed by atoms with Crippen LogP contribution in [0.25, 0.3) is 0 Å². The van der Waals surface area contributed by atoms with E-state index in [1.54, 1.807) is 0 Å². The number of piperazine rings is 1. The average molecular weight is 273 g/mol. The molecule has 1 aromatic carbocycles. The lowest BCUT2D eigenvalue weighted by Gasteiger charge is -2.32. The fraction of sp³-hybridized carbons (Fsp3) is 0.467. The first-order valence-electron chi connectivity index (χ1n) is 7.11. The molecule has 5 nitrogen and oxygen atoms in total. The molecular weight excluding hydrogens is 254 g/mol. The van der Waals surface area contributed by atoms with Gasteiger partial charge in [-0.15, -0.1) is 0 Å². The summed E-state index contributed by atoms with van der Waals surface area (Å²) < 4.78 is 0. The first-order chi connectivity index (χ1) is 9.74. The van der Waals surface area contributed by atoms with Gasteiger partial charge in [-0.25, -0.2) is 0 Å². The molecule has 0 atom stereocenters. The highest BCUT2D eigenvalue weighted by molar-refractivity contribution is 5.96. The van der Waals surface area contributed by atoms with Gasteiger partial charge in [0.2, 0.25) is 11.8 Å². The van der Waals surface area contributed by atoms with Gasteiger partial charge in [0.1, 0.15) is 0 Å². The van der Waals surface area contributed by atoms with Crippen molar-refractivity contribution in [1.82, 2.24) is 10.2 Å². The highest BCUT2D eigenvalue weighted by Crippen LogP contribution is 2.26. The van der Waals surface area contributed by atoms with E-state index in [9.17, 15) is 9.59 Å². The number of carbonyl (C=O) groups is 2. The van der Waals surface area contributed by atoms with Gasteiger partial charge in [-0.05, 0) is 24.5 Å². The molecule has 0 aliphatic carbocycles. The van der Waals surface area contributed by atoms with E-state index in [1.165, 1.54) is 5.56 Å². The van der Waals surface area contributed by atoms with Gasteiger partial charge >= 0.3 is 0 Å². The molecule has 1 fully saturated rings. The number of fused-ring (bicyclic) bond motifs is 1. The molecule has 20 heavy (non-hydrogen) atoms. The minimum absolute atomic E-state index is 0.00287. The molecule has 2 heterocycles. The molecule has 2 aliphatic heterocycles. The Labute approximate surface area is 118 Å². The summed E-state index contributed by atoms with van der Waals surface area (Å²) in [4.78, 5) is 27.6. The summed E-state index contributed by atoms with van der Waals surface area (Å²) >= 11 is 0. The Balaban J connectivity index is 1.70. The van der Waals surface area contributed by atoms with Crippen LogP contribution in [0.15, 0.2) is 24.3 Å². The molecule has 106 valence electrons. The Morgan fingerprint density at radius 1 is 1.25 bits per heavy atom. The Kier molecular flexibility index (Phi) is 3.69. The summed E-state index contributed by atoms with van der Waals surface area (Å²) in [7, 11) is 0. The molecule has 0 saturated carbocycles. The summed E-state index contributed by atoms with van der Waals surface area (Å²) in [6.45, 7) is 2.79. The Morgan fingerprint density at radius 3 is 2.95 bits per heavy atom. The normalized spacial score (nSPS) is 19.4. The third-order valence-corrected chi connectivity index (χ3v) is 3.89. The van der Waals surface area contributed by atoms with Gasteiger partial charge in [-0.1, -0.05) is 18.2 Å². The standard InChI is InChI=1S/C15H19N3O2/c19-14-10-17(9-7-16-14)11-15(20)18-8-3-5-12-4-1-2-6-13(12)18/h1-2,4,6H,3,5,7-11H2,(H,16,19). The van der Waals surface area contributed by atoms with Gasteiger partial charge in [0.05, 0.1) is 13.1 Å². The van der Waals surface area contributed by atoms with E-state index in [2.05, 4.69) is 11.4 Å². The van der Waals surface area contributed by atoms with Crippen molar-refractivity contribution in [3.63, 3.8) is 0 Å². The number of nitrogens with zero attached hydrogens (tertiary/aromatic N) is 2. The maximum Gasteiger partial charge on any atom is 0.241 e. The summed E-state index contributed by atoms with van der Waals surface area (Å²) in [5, 5.41) is 2.77. The van der Waals surface area contributed by atoms with Gasteiger partial charge in [0.25, 0.3) is 0 Å². The second-order valence-corrected chi connectivity index (χ2v) is 5.34. The third-order valence-electron chi connectivity index (χ3n) is 3.89. The number of amides is 2. The summed E-state index contributed by atoms with van der Waals surface area (Å²) in [5.41, 5.74) is 2.27. The zero-order valence-electron chi connectivity index (χ0n) is 11.5. The molecule has 5 heteroatoms. The number of carbonyl (C=O) groups excluding carboxylic acids is 2. The molecule has 2 aliphatic rings. The maximum absolute atomic E-state index is 12.5. The van der Waals surface area contributed by atoms with E-state index < -0.39 is 0 Å². The monoisotopic (exact) mass is 273 g/mol. The van der Waals surface area contributed by atoms with E-state index in [0.717, 1.165) is 31.6 Å². The minimum Gasteiger partial charge on any atom is -0.354 e. The third kappa shape index (κ3) is 2.67. The van der Waals surface area contributed by atoms with Crippen molar-refractivity contribution in [2.24, 2.45) is 0 Å². The van der Waals surface area contributed by atoms with Gasteiger partial charge in [-0.2, -0.15) is 0 Å². The van der Waals surface area contributed by atoms with E-state index in [4.69, 9.17) is 0 Å². The van der Waals surface area contributed by atoms with E-state index >= 15 is 0 Å². The summed E-state index contributed by atoms with van der Waals surface area (Å²) in [6.07, 6.45) is 2.04. The van der Waals surface area contributed by atoms with Gasteiger partial charge in [-0.3, -0.25) is 14.5 Å². The van der Waals surface area contributed by atoms with Crippen LogP contribution in [0, 0.1) is 0 Å². The number of hydrogen-bond acceptors (Lipinski definition) is 3. The van der Waals surface area contributed by atoms with Crippen molar-refractivity contribution < 1.29 is 9.59 Å². The Hall–Kier alpha value is -1.88. The van der Waals surface area contributed by atoms with Crippen molar-refractivity contribution in [2.75, 3.05) is 37.6 Å². The number of hydrogen-bond donors (Lipinski definition) is 1. The van der Waals surface area contributed by atoms with Crippen LogP contribution >= 0.6 is 0 Å². The fourth-order valence-corrected chi connectivity index (χ4v) is 2.90. The van der Waals surface area contributed by atoms with Crippen molar-refractivity contribution >= 4 is 17.5 Å². The fourth-order valence-electron chi connectivity index (χ4n) is 2.90. The molecule has 0 radical (unpaired) electrons. The van der Waals surface area contributed by atoms with Crippen LogP contribution in [0.5, 0.6) is 0 Å². The number of benzene rings is 1. The number of para-hydroxylation sites is 1. The Morgan fingerprint density at radius 2 is 2.10 bits per heavy atom. The van der Waals surface area contributed by atoms with Crippen LogP contribution in [0.4, 0.5) is 5.69 Å². The molecule has 0 bridgehead atoms. The Bertz CT molecular complexity index is 530. The molecular formula is C15H19N3O2. The molecule has 1 N–H and O–H groups in total. The highest BCUT2D eigenvalue weighted by atomic mass is 16.2. The predicted molar refractivity (Wildman–Crippen MR) is 76.6 cm³/mol. The zero-order chi connectivity index (χ0) is 13.9. The predicted octanol–water partition coefficient (Wildman–Crippen LogP) is 0.398. The van der Waals surface area contributed by atoms with Crippen LogP contribution in [-0.4, -0.2) is 49.4 Å². The zero-order valence-corrected chi connectivity index (χ0v) is 11.5. The van der Waals surface area contributed by atoms with Crippen LogP contribution in [-0.2, 0) is 16.0 Å². The van der Waals surface area contributed by atoms with Crippen LogP contribution in [0.1, 0.15) is 12.0 Å². The van der Waals surface area contributed by atoms with E-state index in [-0.39, 0.29) is 11.8 Å². The molecule has 1 saturated heterocycles. The quantitative estimate of drug-likeness (QED) is 0.848. The van der Waals surface area contributed by atoms with Crippen LogP contribution < -0.4 is 10.2 Å². The van der Waals surface area contributed by atoms with Crippen molar-refractivity contribution in [1.29, 1.82) is 0 Å². The number of aryl methyl sites for hydroxylation is 1. The number of anilines is 1. The van der Waals surface area contributed by atoms with Crippen LogP contribution in [0.2, 0.25) is 0 Å². The average Bonchev–Trinajstić information content (AvgIpc) is 2.46. The minimum atomic E-state index is 0.00287. The summed E-state index contributed by atoms with van der Waals surface area (Å²) in [5.74, 6) is 0.0925. The second kappa shape index (κ2) is 5.63. The number of rotatable bonds is 2.